The lowest BCUT2D eigenvalue weighted by atomic mass is 9.99. The van der Waals surface area contributed by atoms with Crippen LogP contribution in [-0.2, 0) is 0 Å². The summed E-state index contributed by atoms with van der Waals surface area (Å²) >= 11 is 1.97. The number of aliphatic imine (C=N–C) groups is 1. The summed E-state index contributed by atoms with van der Waals surface area (Å²) in [6.07, 6.45) is 5.30. The fraction of sp³-hybridized carbons (Fsp3) is 0.933. The van der Waals surface area contributed by atoms with Crippen molar-refractivity contribution in [2.24, 2.45) is 10.9 Å². The van der Waals surface area contributed by atoms with Crippen molar-refractivity contribution in [2.75, 3.05) is 26.2 Å². The largest absolute Gasteiger partial charge is 0.361 e. The maximum atomic E-state index is 4.70. The van der Waals surface area contributed by atoms with Crippen LogP contribution in [0.1, 0.15) is 46.5 Å². The first-order chi connectivity index (χ1) is 9.22. The lowest BCUT2D eigenvalue weighted by molar-refractivity contribution is 0.312. The summed E-state index contributed by atoms with van der Waals surface area (Å²) in [6.45, 7) is 11.6. The van der Waals surface area contributed by atoms with Crippen LogP contribution in [-0.4, -0.2) is 47.5 Å². The van der Waals surface area contributed by atoms with Gasteiger partial charge in [-0.25, -0.2) is 0 Å². The van der Waals surface area contributed by atoms with Gasteiger partial charge < -0.3 is 10.2 Å². The van der Waals surface area contributed by atoms with Gasteiger partial charge in [-0.3, -0.25) is 4.99 Å². The van der Waals surface area contributed by atoms with Crippen LogP contribution in [0.4, 0.5) is 0 Å². The van der Waals surface area contributed by atoms with Crippen LogP contribution in [0.15, 0.2) is 4.99 Å². The normalized spacial score (nSPS) is 25.9. The Morgan fingerprint density at radius 3 is 2.63 bits per heavy atom. The highest BCUT2D eigenvalue weighted by molar-refractivity contribution is 8.14. The van der Waals surface area contributed by atoms with E-state index in [0.717, 1.165) is 19.0 Å². The zero-order valence-corrected chi connectivity index (χ0v) is 13.5. The van der Waals surface area contributed by atoms with Gasteiger partial charge in [0.25, 0.3) is 0 Å². The lowest BCUT2D eigenvalue weighted by Gasteiger charge is -2.23. The molecule has 0 aromatic heterocycles. The van der Waals surface area contributed by atoms with Crippen molar-refractivity contribution in [3.8, 4) is 0 Å². The SMILES string of the molecule is CCC(CC)C1CN=C(NC(C)CN2CCCC2)S1. The van der Waals surface area contributed by atoms with E-state index in [0.29, 0.717) is 11.3 Å². The number of nitrogens with one attached hydrogen (secondary N) is 1. The maximum absolute atomic E-state index is 4.70. The van der Waals surface area contributed by atoms with E-state index in [2.05, 4.69) is 31.0 Å². The van der Waals surface area contributed by atoms with Gasteiger partial charge in [-0.05, 0) is 38.8 Å². The topological polar surface area (TPSA) is 27.6 Å². The molecule has 0 aliphatic carbocycles. The smallest absolute Gasteiger partial charge is 0.157 e. The van der Waals surface area contributed by atoms with Gasteiger partial charge in [-0.2, -0.15) is 0 Å². The van der Waals surface area contributed by atoms with Crippen molar-refractivity contribution in [1.82, 2.24) is 10.2 Å². The average molecular weight is 283 g/mol. The predicted molar refractivity (Wildman–Crippen MR) is 86.0 cm³/mol. The summed E-state index contributed by atoms with van der Waals surface area (Å²) in [5.74, 6) is 0.821. The van der Waals surface area contributed by atoms with Gasteiger partial charge in [-0.15, -0.1) is 0 Å². The monoisotopic (exact) mass is 283 g/mol. The van der Waals surface area contributed by atoms with E-state index in [1.54, 1.807) is 0 Å². The summed E-state index contributed by atoms with van der Waals surface area (Å²) in [6, 6.07) is 0.518. The molecule has 2 aliphatic rings. The van der Waals surface area contributed by atoms with Crippen LogP contribution in [0.3, 0.4) is 0 Å². The molecular formula is C15H29N3S. The van der Waals surface area contributed by atoms with Crippen molar-refractivity contribution < 1.29 is 0 Å². The Labute approximate surface area is 122 Å². The minimum Gasteiger partial charge on any atom is -0.361 e. The van der Waals surface area contributed by atoms with Crippen LogP contribution >= 0.6 is 11.8 Å². The molecule has 1 N–H and O–H groups in total. The molecule has 2 atom stereocenters. The fourth-order valence-electron chi connectivity index (χ4n) is 3.14. The Kier molecular flexibility index (Phi) is 6.02. The van der Waals surface area contributed by atoms with Crippen LogP contribution < -0.4 is 5.32 Å². The fourth-order valence-corrected chi connectivity index (χ4v) is 4.57. The van der Waals surface area contributed by atoms with E-state index in [1.165, 1.54) is 43.9 Å². The first-order valence-corrected chi connectivity index (χ1v) is 8.80. The standard InChI is InChI=1S/C15H29N3S/c1-4-13(5-2)14-10-16-15(19-14)17-12(3)11-18-8-6-7-9-18/h12-14H,4-11H2,1-3H3,(H,16,17). The van der Waals surface area contributed by atoms with Gasteiger partial charge in [0.1, 0.15) is 0 Å². The van der Waals surface area contributed by atoms with E-state index in [4.69, 9.17) is 4.99 Å². The molecule has 2 rings (SSSR count). The van der Waals surface area contributed by atoms with Gasteiger partial charge in [0.15, 0.2) is 5.17 Å². The molecule has 0 saturated carbocycles. The first-order valence-electron chi connectivity index (χ1n) is 7.92. The Hall–Kier alpha value is -0.220. The van der Waals surface area contributed by atoms with Crippen molar-refractivity contribution in [3.63, 3.8) is 0 Å². The number of nitrogens with zero attached hydrogens (tertiary/aromatic N) is 2. The van der Waals surface area contributed by atoms with Gasteiger partial charge >= 0.3 is 0 Å². The second kappa shape index (κ2) is 7.53. The first kappa shape index (κ1) is 15.2. The predicted octanol–water partition coefficient (Wildman–Crippen LogP) is 2.97. The van der Waals surface area contributed by atoms with Crippen molar-refractivity contribution >= 4 is 16.9 Å². The van der Waals surface area contributed by atoms with Crippen LogP contribution in [0.2, 0.25) is 0 Å². The molecular weight excluding hydrogens is 254 g/mol. The van der Waals surface area contributed by atoms with E-state index in [9.17, 15) is 0 Å². The highest BCUT2D eigenvalue weighted by Crippen LogP contribution is 2.30. The number of hydrogen-bond acceptors (Lipinski definition) is 4. The molecule has 110 valence electrons. The summed E-state index contributed by atoms with van der Waals surface area (Å²) in [7, 11) is 0. The van der Waals surface area contributed by atoms with Crippen molar-refractivity contribution in [3.05, 3.63) is 0 Å². The van der Waals surface area contributed by atoms with E-state index in [-0.39, 0.29) is 0 Å². The minimum atomic E-state index is 0.518. The van der Waals surface area contributed by atoms with E-state index < -0.39 is 0 Å². The third-order valence-electron chi connectivity index (χ3n) is 4.35. The van der Waals surface area contributed by atoms with Crippen molar-refractivity contribution in [1.29, 1.82) is 0 Å². The van der Waals surface area contributed by atoms with Crippen LogP contribution in [0, 0.1) is 5.92 Å². The molecule has 2 heterocycles. The number of amidine groups is 1. The molecule has 0 spiro atoms. The Morgan fingerprint density at radius 1 is 1.32 bits per heavy atom. The Bertz CT molecular complexity index is 296. The number of hydrogen-bond donors (Lipinski definition) is 1. The highest BCUT2D eigenvalue weighted by atomic mass is 32.2. The zero-order chi connectivity index (χ0) is 13.7. The molecule has 19 heavy (non-hydrogen) atoms. The third-order valence-corrected chi connectivity index (χ3v) is 5.66. The summed E-state index contributed by atoms with van der Waals surface area (Å²) < 4.78 is 0. The minimum absolute atomic E-state index is 0.518. The molecule has 0 aromatic rings. The molecule has 2 aliphatic heterocycles. The zero-order valence-electron chi connectivity index (χ0n) is 12.7. The molecule has 0 aromatic carbocycles. The molecule has 0 amide bonds. The molecule has 4 heteroatoms. The van der Waals surface area contributed by atoms with Gasteiger partial charge in [0.2, 0.25) is 0 Å². The quantitative estimate of drug-likeness (QED) is 0.812. The van der Waals surface area contributed by atoms with E-state index >= 15 is 0 Å². The van der Waals surface area contributed by atoms with Crippen LogP contribution in [0.25, 0.3) is 0 Å². The summed E-state index contributed by atoms with van der Waals surface area (Å²) in [4.78, 5) is 7.26. The molecule has 0 radical (unpaired) electrons. The highest BCUT2D eigenvalue weighted by Gasteiger charge is 2.26. The second-order valence-electron chi connectivity index (χ2n) is 5.93. The third kappa shape index (κ3) is 4.38. The molecule has 2 unspecified atom stereocenters. The van der Waals surface area contributed by atoms with Gasteiger partial charge in [-0.1, -0.05) is 38.5 Å². The molecule has 0 bridgehead atoms. The molecule has 1 fully saturated rings. The Balaban J connectivity index is 1.71. The number of rotatable bonds is 6. The van der Waals surface area contributed by atoms with Crippen molar-refractivity contribution in [2.45, 2.75) is 57.7 Å². The average Bonchev–Trinajstić information content (AvgIpc) is 3.03. The number of thioether (sulfide) groups is 1. The number of likely N-dealkylation sites (tertiary alicyclic amines) is 1. The van der Waals surface area contributed by atoms with Gasteiger partial charge in [0, 0.05) is 17.8 Å². The van der Waals surface area contributed by atoms with Crippen LogP contribution in [0.5, 0.6) is 0 Å². The second-order valence-corrected chi connectivity index (χ2v) is 7.16. The molecule has 3 nitrogen and oxygen atoms in total. The lowest BCUT2D eigenvalue weighted by Crippen LogP contribution is -2.39. The molecule has 1 saturated heterocycles. The van der Waals surface area contributed by atoms with E-state index in [1.807, 2.05) is 11.8 Å². The summed E-state index contributed by atoms with van der Waals surface area (Å²) in [5.41, 5.74) is 0. The van der Waals surface area contributed by atoms with Gasteiger partial charge in [0.05, 0.1) is 6.54 Å². The maximum Gasteiger partial charge on any atom is 0.157 e. The Morgan fingerprint density at radius 2 is 2.00 bits per heavy atom. The summed E-state index contributed by atoms with van der Waals surface area (Å²) in [5, 5.41) is 5.50.